The third-order valence-electron chi connectivity index (χ3n) is 4.68. The van der Waals surface area contributed by atoms with Gasteiger partial charge in [-0.05, 0) is 35.0 Å². The molecule has 1 heterocycles. The molecule has 0 aliphatic rings. The number of fused-ring (bicyclic) bond motifs is 1. The average Bonchev–Trinajstić information content (AvgIpc) is 3.28. The number of hydrogen-bond acceptors (Lipinski definition) is 6. The molecule has 0 aliphatic heterocycles. The van der Waals surface area contributed by atoms with Crippen LogP contribution < -0.4 is 16.8 Å². The van der Waals surface area contributed by atoms with Gasteiger partial charge in [0.2, 0.25) is 5.96 Å². The Kier molecular flexibility index (Phi) is 6.08. The minimum atomic E-state index is -3.96. The highest BCUT2D eigenvalue weighted by Gasteiger charge is 2.13. The van der Waals surface area contributed by atoms with Gasteiger partial charge >= 0.3 is 0 Å². The molecule has 4 aromatic rings. The van der Waals surface area contributed by atoms with Crippen LogP contribution in [0.4, 0.5) is 5.69 Å². The van der Waals surface area contributed by atoms with E-state index in [4.69, 9.17) is 11.5 Å². The SMILES string of the molecule is N#C/C(=C\Nc1ccc(S(=O)(=O)N=C(N)N)cc1)c1nc(-c2cccc3ccccc23)cs1. The van der Waals surface area contributed by atoms with Crippen molar-refractivity contribution in [2.45, 2.75) is 4.90 Å². The fraction of sp³-hybridized carbons (Fsp3) is 0. The van der Waals surface area contributed by atoms with Gasteiger partial charge in [0.15, 0.2) is 0 Å². The van der Waals surface area contributed by atoms with Crippen LogP contribution in [0.25, 0.3) is 27.6 Å². The maximum Gasteiger partial charge on any atom is 0.285 e. The Morgan fingerprint density at radius 3 is 2.52 bits per heavy atom. The van der Waals surface area contributed by atoms with Crippen LogP contribution in [0.15, 0.2) is 87.6 Å². The molecule has 0 atom stereocenters. The van der Waals surface area contributed by atoms with Gasteiger partial charge in [0.25, 0.3) is 10.0 Å². The van der Waals surface area contributed by atoms with E-state index >= 15 is 0 Å². The maximum absolute atomic E-state index is 12.0. The van der Waals surface area contributed by atoms with Gasteiger partial charge in [-0.3, -0.25) is 0 Å². The van der Waals surface area contributed by atoms with Crippen molar-refractivity contribution in [3.63, 3.8) is 0 Å². The number of nitrogens with zero attached hydrogens (tertiary/aromatic N) is 3. The van der Waals surface area contributed by atoms with Crippen LogP contribution in [0.2, 0.25) is 0 Å². The van der Waals surface area contributed by atoms with E-state index in [2.05, 4.69) is 20.8 Å². The van der Waals surface area contributed by atoms with E-state index in [1.165, 1.54) is 29.7 Å². The summed E-state index contributed by atoms with van der Waals surface area (Å²) in [6, 6.07) is 22.1. The number of hydrogen-bond donors (Lipinski definition) is 3. The number of anilines is 1. The van der Waals surface area contributed by atoms with Crippen molar-refractivity contribution >= 4 is 49.4 Å². The van der Waals surface area contributed by atoms with Gasteiger partial charge in [-0.1, -0.05) is 42.5 Å². The van der Waals surface area contributed by atoms with Crippen molar-refractivity contribution in [1.82, 2.24) is 4.98 Å². The molecule has 3 aromatic carbocycles. The third kappa shape index (κ3) is 4.85. The van der Waals surface area contributed by atoms with Gasteiger partial charge in [-0.2, -0.15) is 13.7 Å². The molecule has 0 saturated carbocycles. The average molecular weight is 475 g/mol. The topological polar surface area (TPSA) is 147 Å². The Labute approximate surface area is 194 Å². The fourth-order valence-electron chi connectivity index (χ4n) is 3.18. The van der Waals surface area contributed by atoms with Gasteiger partial charge in [-0.25, -0.2) is 4.98 Å². The number of sulfonamides is 1. The molecule has 0 radical (unpaired) electrons. The number of aromatic nitrogens is 1. The molecule has 0 unspecified atom stereocenters. The van der Waals surface area contributed by atoms with Crippen LogP contribution in [0, 0.1) is 11.3 Å². The number of allylic oxidation sites excluding steroid dienone is 1. The Balaban J connectivity index is 1.57. The molecule has 0 bridgehead atoms. The van der Waals surface area contributed by atoms with Crippen molar-refractivity contribution in [3.05, 3.63) is 83.3 Å². The van der Waals surface area contributed by atoms with E-state index in [0.717, 1.165) is 22.0 Å². The first kappa shape index (κ1) is 22.0. The summed E-state index contributed by atoms with van der Waals surface area (Å²) in [5.74, 6) is -0.537. The molecule has 4 rings (SSSR count). The standard InChI is InChI=1S/C23H18N6O2S2/c24-12-16(13-27-17-8-10-18(11-9-17)33(30,31)29-23(25)26)22-28-21(14-32-22)20-7-3-5-15-4-1-2-6-19(15)20/h1-11,13-14,27H,(H4,25,26,29)/b16-13+. The lowest BCUT2D eigenvalue weighted by atomic mass is 10.0. The zero-order chi connectivity index (χ0) is 23.4. The predicted molar refractivity (Wildman–Crippen MR) is 132 cm³/mol. The second-order valence-corrected chi connectivity index (χ2v) is 9.36. The van der Waals surface area contributed by atoms with Gasteiger partial charge < -0.3 is 16.8 Å². The fourth-order valence-corrected chi connectivity index (χ4v) is 4.83. The first-order valence-corrected chi connectivity index (χ1v) is 12.0. The maximum atomic E-state index is 12.0. The molecule has 0 amide bonds. The van der Waals surface area contributed by atoms with Crippen molar-refractivity contribution in [2.75, 3.05) is 5.32 Å². The smallest absolute Gasteiger partial charge is 0.285 e. The van der Waals surface area contributed by atoms with Crippen LogP contribution >= 0.6 is 11.3 Å². The lowest BCUT2D eigenvalue weighted by molar-refractivity contribution is 0.598. The number of guanidine groups is 1. The molecule has 0 fully saturated rings. The van der Waals surface area contributed by atoms with Crippen molar-refractivity contribution < 1.29 is 8.42 Å². The summed E-state index contributed by atoms with van der Waals surface area (Å²) in [5.41, 5.74) is 13.0. The molecule has 0 spiro atoms. The molecule has 10 heteroatoms. The number of benzene rings is 3. The van der Waals surface area contributed by atoms with E-state index in [1.54, 1.807) is 12.1 Å². The highest BCUT2D eigenvalue weighted by Crippen LogP contribution is 2.31. The van der Waals surface area contributed by atoms with E-state index < -0.39 is 16.0 Å². The summed E-state index contributed by atoms with van der Waals surface area (Å²) in [6.07, 6.45) is 1.53. The molecule has 5 N–H and O–H groups in total. The molecular weight excluding hydrogens is 456 g/mol. The molecule has 33 heavy (non-hydrogen) atoms. The largest absolute Gasteiger partial charge is 0.369 e. The molecule has 0 saturated heterocycles. The van der Waals surface area contributed by atoms with E-state index in [9.17, 15) is 13.7 Å². The van der Waals surface area contributed by atoms with Crippen molar-refractivity contribution in [1.29, 1.82) is 5.26 Å². The lowest BCUT2D eigenvalue weighted by Crippen LogP contribution is -2.24. The van der Waals surface area contributed by atoms with Crippen LogP contribution in [0.1, 0.15) is 5.01 Å². The third-order valence-corrected chi connectivity index (χ3v) is 6.88. The summed E-state index contributed by atoms with van der Waals surface area (Å²) in [4.78, 5) is 4.61. The normalized spacial score (nSPS) is 11.7. The molecule has 1 aromatic heterocycles. The summed E-state index contributed by atoms with van der Waals surface area (Å²) >= 11 is 1.37. The minimum absolute atomic E-state index is 0.0504. The van der Waals surface area contributed by atoms with Crippen LogP contribution in [-0.2, 0) is 10.0 Å². The summed E-state index contributed by atoms with van der Waals surface area (Å²) in [5, 5.41) is 17.3. The van der Waals surface area contributed by atoms with E-state index in [0.29, 0.717) is 16.3 Å². The Morgan fingerprint density at radius 2 is 1.79 bits per heavy atom. The monoisotopic (exact) mass is 474 g/mol. The zero-order valence-corrected chi connectivity index (χ0v) is 18.8. The Bertz CT molecular complexity index is 1520. The van der Waals surface area contributed by atoms with E-state index in [1.807, 2.05) is 47.8 Å². The molecule has 0 aliphatic carbocycles. The van der Waals surface area contributed by atoms with Gasteiger partial charge in [-0.15, -0.1) is 15.7 Å². The second kappa shape index (κ2) is 9.12. The second-order valence-electron chi connectivity index (χ2n) is 6.89. The highest BCUT2D eigenvalue weighted by molar-refractivity contribution is 7.90. The van der Waals surface area contributed by atoms with Gasteiger partial charge in [0, 0.05) is 22.8 Å². The van der Waals surface area contributed by atoms with Gasteiger partial charge in [0.1, 0.15) is 16.6 Å². The molecule has 164 valence electrons. The number of rotatable bonds is 6. The first-order chi connectivity index (χ1) is 15.9. The number of nitrogens with one attached hydrogen (secondary N) is 1. The van der Waals surface area contributed by atoms with Crippen LogP contribution in [0.5, 0.6) is 0 Å². The lowest BCUT2D eigenvalue weighted by Gasteiger charge is -2.04. The summed E-state index contributed by atoms with van der Waals surface area (Å²) in [6.45, 7) is 0. The number of nitriles is 1. The Hall–Kier alpha value is -4.20. The molecular formula is C23H18N6O2S2. The minimum Gasteiger partial charge on any atom is -0.369 e. The van der Waals surface area contributed by atoms with Crippen molar-refractivity contribution in [2.24, 2.45) is 15.9 Å². The number of thiazole rings is 1. The summed E-state index contributed by atoms with van der Waals surface area (Å²) < 4.78 is 27.3. The first-order valence-electron chi connectivity index (χ1n) is 9.64. The quantitative estimate of drug-likeness (QED) is 0.218. The highest BCUT2D eigenvalue weighted by atomic mass is 32.2. The Morgan fingerprint density at radius 1 is 1.06 bits per heavy atom. The van der Waals surface area contributed by atoms with Crippen molar-refractivity contribution in [3.8, 4) is 17.3 Å². The van der Waals surface area contributed by atoms with E-state index in [-0.39, 0.29) is 4.90 Å². The van der Waals surface area contributed by atoms with Crippen LogP contribution in [-0.4, -0.2) is 19.4 Å². The molecule has 8 nitrogen and oxygen atoms in total. The number of nitrogens with two attached hydrogens (primary N) is 2. The zero-order valence-electron chi connectivity index (χ0n) is 17.1. The summed E-state index contributed by atoms with van der Waals surface area (Å²) in [7, 11) is -3.96. The predicted octanol–water partition coefficient (Wildman–Crippen LogP) is 3.90. The van der Waals surface area contributed by atoms with Crippen LogP contribution in [0.3, 0.4) is 0 Å². The van der Waals surface area contributed by atoms with Gasteiger partial charge in [0.05, 0.1) is 10.6 Å².